The molecule has 0 radical (unpaired) electrons. The van der Waals surface area contributed by atoms with Gasteiger partial charge in [0, 0.05) is 16.2 Å². The zero-order chi connectivity index (χ0) is 14.3. The van der Waals surface area contributed by atoms with Gasteiger partial charge in [-0.05, 0) is 46.3 Å². The van der Waals surface area contributed by atoms with Crippen molar-refractivity contribution in [3.63, 3.8) is 0 Å². The van der Waals surface area contributed by atoms with Crippen molar-refractivity contribution in [1.29, 1.82) is 0 Å². The van der Waals surface area contributed by atoms with E-state index >= 15 is 0 Å². The highest BCUT2D eigenvalue weighted by atomic mass is 79.9. The van der Waals surface area contributed by atoms with Crippen LogP contribution in [0.25, 0.3) is 16.7 Å². The van der Waals surface area contributed by atoms with E-state index in [1.165, 1.54) is 12.1 Å². The molecule has 0 saturated carbocycles. The van der Waals surface area contributed by atoms with E-state index in [1.807, 2.05) is 16.7 Å². The first-order valence-electron chi connectivity index (χ1n) is 5.78. The van der Waals surface area contributed by atoms with Gasteiger partial charge in [-0.15, -0.1) is 11.6 Å². The van der Waals surface area contributed by atoms with Gasteiger partial charge in [0.25, 0.3) is 0 Å². The maximum absolute atomic E-state index is 13.3. The molecule has 0 amide bonds. The smallest absolute Gasteiger partial charge is 0.129 e. The molecular weight excluding hydrogens is 366 g/mol. The lowest BCUT2D eigenvalue weighted by Gasteiger charge is -2.09. The first-order valence-corrected chi connectivity index (χ1v) is 7.49. The van der Waals surface area contributed by atoms with Gasteiger partial charge in [0.15, 0.2) is 0 Å². The quantitative estimate of drug-likeness (QED) is 0.556. The molecular formula is C14H8BrCl2FN2. The van der Waals surface area contributed by atoms with Gasteiger partial charge in [0.1, 0.15) is 11.6 Å². The average Bonchev–Trinajstić information content (AvgIpc) is 2.79. The van der Waals surface area contributed by atoms with Crippen molar-refractivity contribution in [2.24, 2.45) is 0 Å². The molecule has 0 unspecified atom stereocenters. The van der Waals surface area contributed by atoms with Crippen LogP contribution in [-0.4, -0.2) is 9.55 Å². The topological polar surface area (TPSA) is 17.8 Å². The molecule has 0 fully saturated rings. The summed E-state index contributed by atoms with van der Waals surface area (Å²) in [6.07, 6.45) is 0. The largest absolute Gasteiger partial charge is 0.295 e. The number of fused-ring (bicyclic) bond motifs is 1. The van der Waals surface area contributed by atoms with Crippen LogP contribution < -0.4 is 0 Å². The Morgan fingerprint density at radius 1 is 1.20 bits per heavy atom. The molecule has 0 N–H and O–H groups in total. The van der Waals surface area contributed by atoms with Crippen LogP contribution in [0.2, 0.25) is 5.02 Å². The van der Waals surface area contributed by atoms with Crippen LogP contribution in [0.15, 0.2) is 40.9 Å². The molecule has 102 valence electrons. The molecule has 0 saturated heterocycles. The maximum atomic E-state index is 13.3. The van der Waals surface area contributed by atoms with E-state index < -0.39 is 0 Å². The molecule has 0 spiro atoms. The van der Waals surface area contributed by atoms with Crippen molar-refractivity contribution < 1.29 is 4.39 Å². The Morgan fingerprint density at radius 3 is 2.70 bits per heavy atom. The normalized spacial score (nSPS) is 11.2. The molecule has 1 aromatic heterocycles. The van der Waals surface area contributed by atoms with Gasteiger partial charge in [0.2, 0.25) is 0 Å². The second kappa shape index (κ2) is 5.35. The Morgan fingerprint density at radius 2 is 2.00 bits per heavy atom. The Hall–Kier alpha value is -1.10. The summed E-state index contributed by atoms with van der Waals surface area (Å²) >= 11 is 15.4. The number of imidazole rings is 1. The van der Waals surface area contributed by atoms with Gasteiger partial charge in [-0.2, -0.15) is 0 Å². The SMILES string of the molecule is Fc1ccc2c(c1)nc(CCl)n2-c1ccc(Cl)c(Br)c1. The van der Waals surface area contributed by atoms with Gasteiger partial charge in [-0.3, -0.25) is 4.57 Å². The molecule has 0 aliphatic rings. The third-order valence-corrected chi connectivity index (χ3v) is 4.42. The summed E-state index contributed by atoms with van der Waals surface area (Å²) in [5, 5.41) is 0.622. The van der Waals surface area contributed by atoms with Crippen LogP contribution in [0.5, 0.6) is 0 Å². The average molecular weight is 374 g/mol. The second-order valence-electron chi connectivity index (χ2n) is 4.23. The van der Waals surface area contributed by atoms with Crippen LogP contribution in [0.4, 0.5) is 4.39 Å². The van der Waals surface area contributed by atoms with Gasteiger partial charge >= 0.3 is 0 Å². The molecule has 0 aliphatic heterocycles. The van der Waals surface area contributed by atoms with Gasteiger partial charge in [-0.25, -0.2) is 9.37 Å². The fourth-order valence-corrected chi connectivity index (χ4v) is 2.77. The van der Waals surface area contributed by atoms with Crippen LogP contribution in [0.3, 0.4) is 0 Å². The van der Waals surface area contributed by atoms with Crippen LogP contribution in [0.1, 0.15) is 5.82 Å². The summed E-state index contributed by atoms with van der Waals surface area (Å²) in [6, 6.07) is 10.0. The van der Waals surface area contributed by atoms with Crippen LogP contribution in [0, 0.1) is 5.82 Å². The highest BCUT2D eigenvalue weighted by molar-refractivity contribution is 9.10. The summed E-state index contributed by atoms with van der Waals surface area (Å²) in [4.78, 5) is 4.36. The lowest BCUT2D eigenvalue weighted by molar-refractivity contribution is 0.629. The summed E-state index contributed by atoms with van der Waals surface area (Å²) in [5.74, 6) is 0.568. The van der Waals surface area contributed by atoms with E-state index in [4.69, 9.17) is 23.2 Å². The Balaban J connectivity index is 2.30. The predicted octanol–water partition coefficient (Wildman–Crippen LogP) is 5.32. The number of hydrogen-bond donors (Lipinski definition) is 0. The summed E-state index contributed by atoms with van der Waals surface area (Å²) in [7, 11) is 0. The zero-order valence-corrected chi connectivity index (χ0v) is 13.2. The molecule has 20 heavy (non-hydrogen) atoms. The number of nitrogens with zero attached hydrogens (tertiary/aromatic N) is 2. The van der Waals surface area contributed by atoms with Gasteiger partial charge in [-0.1, -0.05) is 11.6 Å². The fourth-order valence-electron chi connectivity index (χ4n) is 2.11. The van der Waals surface area contributed by atoms with E-state index in [9.17, 15) is 4.39 Å². The van der Waals surface area contributed by atoms with Crippen molar-refractivity contribution in [1.82, 2.24) is 9.55 Å². The molecule has 0 atom stereocenters. The molecule has 2 aromatic carbocycles. The lowest BCUT2D eigenvalue weighted by atomic mass is 10.2. The van der Waals surface area contributed by atoms with Crippen molar-refractivity contribution in [2.45, 2.75) is 5.88 Å². The highest BCUT2D eigenvalue weighted by Gasteiger charge is 2.13. The van der Waals surface area contributed by atoms with E-state index in [0.29, 0.717) is 16.4 Å². The number of benzene rings is 2. The number of aromatic nitrogens is 2. The Kier molecular flexibility index (Phi) is 3.71. The number of halogens is 4. The second-order valence-corrected chi connectivity index (χ2v) is 5.76. The summed E-state index contributed by atoms with van der Waals surface area (Å²) < 4.78 is 16.0. The molecule has 6 heteroatoms. The summed E-state index contributed by atoms with van der Waals surface area (Å²) in [5.41, 5.74) is 2.24. The third kappa shape index (κ3) is 2.32. The van der Waals surface area contributed by atoms with Crippen LogP contribution >= 0.6 is 39.1 Å². The van der Waals surface area contributed by atoms with Crippen molar-refractivity contribution in [2.75, 3.05) is 0 Å². The van der Waals surface area contributed by atoms with Crippen LogP contribution in [-0.2, 0) is 5.88 Å². The lowest BCUT2D eigenvalue weighted by Crippen LogP contribution is -1.99. The van der Waals surface area contributed by atoms with E-state index in [1.54, 1.807) is 12.1 Å². The molecule has 1 heterocycles. The highest BCUT2D eigenvalue weighted by Crippen LogP contribution is 2.29. The minimum Gasteiger partial charge on any atom is -0.295 e. The minimum absolute atomic E-state index is 0.233. The molecule has 0 aliphatic carbocycles. The molecule has 0 bridgehead atoms. The molecule has 3 rings (SSSR count). The fraction of sp³-hybridized carbons (Fsp3) is 0.0714. The molecule has 2 nitrogen and oxygen atoms in total. The third-order valence-electron chi connectivity index (χ3n) is 2.97. The van der Waals surface area contributed by atoms with Gasteiger partial charge < -0.3 is 0 Å². The Bertz CT molecular complexity index is 801. The van der Waals surface area contributed by atoms with Gasteiger partial charge in [0.05, 0.1) is 21.9 Å². The monoisotopic (exact) mass is 372 g/mol. The maximum Gasteiger partial charge on any atom is 0.129 e. The number of hydrogen-bond acceptors (Lipinski definition) is 1. The van der Waals surface area contributed by atoms with E-state index in [0.717, 1.165) is 15.7 Å². The number of rotatable bonds is 2. The van der Waals surface area contributed by atoms with Crippen molar-refractivity contribution in [3.8, 4) is 5.69 Å². The standard InChI is InChI=1S/C14H8BrCl2FN2/c15-10-6-9(2-3-11(10)17)20-13-4-1-8(18)5-12(13)19-14(20)7-16/h1-6H,7H2. The van der Waals surface area contributed by atoms with E-state index in [-0.39, 0.29) is 11.7 Å². The van der Waals surface area contributed by atoms with E-state index in [2.05, 4.69) is 20.9 Å². The van der Waals surface area contributed by atoms with Crippen molar-refractivity contribution >= 4 is 50.2 Å². The molecule has 3 aromatic rings. The minimum atomic E-state index is -0.319. The van der Waals surface area contributed by atoms with Crippen molar-refractivity contribution in [3.05, 3.63) is 57.5 Å². The Labute approximate surface area is 133 Å². The first-order chi connectivity index (χ1) is 9.60. The first kappa shape index (κ1) is 13.9. The predicted molar refractivity (Wildman–Crippen MR) is 83.3 cm³/mol. The summed E-state index contributed by atoms with van der Waals surface area (Å²) in [6.45, 7) is 0. The number of alkyl halides is 1. The zero-order valence-electron chi connectivity index (χ0n) is 10.1.